The lowest BCUT2D eigenvalue weighted by Gasteiger charge is -2.16. The van der Waals surface area contributed by atoms with Crippen LogP contribution in [0.1, 0.15) is 10.8 Å². The summed E-state index contributed by atoms with van der Waals surface area (Å²) < 4.78 is 7.31. The van der Waals surface area contributed by atoms with Crippen LogP contribution >= 0.6 is 11.8 Å². The van der Waals surface area contributed by atoms with Crippen molar-refractivity contribution in [2.24, 2.45) is 5.73 Å². The van der Waals surface area contributed by atoms with E-state index >= 15 is 0 Å². The molecule has 9 heteroatoms. The van der Waals surface area contributed by atoms with Crippen LogP contribution < -0.4 is 11.1 Å². The van der Waals surface area contributed by atoms with E-state index in [1.165, 1.54) is 0 Å². The Balaban J connectivity index is 1.79. The molecule has 3 amide bonds. The van der Waals surface area contributed by atoms with Gasteiger partial charge in [-0.15, -0.1) is 10.2 Å². The fourth-order valence-corrected chi connectivity index (χ4v) is 3.97. The zero-order valence-corrected chi connectivity index (χ0v) is 16.5. The average molecular weight is 419 g/mol. The molecule has 2 aromatic heterocycles. The highest BCUT2D eigenvalue weighted by atomic mass is 32.2. The first-order chi connectivity index (χ1) is 14.6. The summed E-state index contributed by atoms with van der Waals surface area (Å²) in [6, 6.07) is 21.2. The lowest BCUT2D eigenvalue weighted by Crippen LogP contribution is -2.37. The Morgan fingerprint density at radius 3 is 2.30 bits per heavy atom. The molecule has 1 atom stereocenters. The monoisotopic (exact) mass is 419 g/mol. The SMILES string of the molecule is NC(=O)NC(=O)[C@H](Sc1nnc(-c2ccco2)n1-c1ccccc1)c1ccccc1. The summed E-state index contributed by atoms with van der Waals surface area (Å²) >= 11 is 1.16. The maximum absolute atomic E-state index is 12.7. The number of carbonyl (C=O) groups is 2. The Morgan fingerprint density at radius 1 is 0.967 bits per heavy atom. The molecule has 0 aliphatic rings. The molecule has 0 saturated heterocycles. The van der Waals surface area contributed by atoms with Gasteiger partial charge in [-0.05, 0) is 29.8 Å². The topological polar surface area (TPSA) is 116 Å². The van der Waals surface area contributed by atoms with Crippen molar-refractivity contribution in [3.8, 4) is 17.3 Å². The number of nitrogens with zero attached hydrogens (tertiary/aromatic N) is 3. The summed E-state index contributed by atoms with van der Waals surface area (Å²) in [6.45, 7) is 0. The van der Waals surface area contributed by atoms with Crippen LogP contribution in [0.25, 0.3) is 17.3 Å². The van der Waals surface area contributed by atoms with Crippen molar-refractivity contribution in [1.29, 1.82) is 0 Å². The third-order valence-corrected chi connectivity index (χ3v) is 5.40. The van der Waals surface area contributed by atoms with Crippen LogP contribution in [0.15, 0.2) is 88.6 Å². The minimum atomic E-state index is -0.915. The summed E-state index contributed by atoms with van der Waals surface area (Å²) in [6.07, 6.45) is 1.55. The fourth-order valence-electron chi connectivity index (χ4n) is 2.91. The molecule has 2 heterocycles. The number of primary amides is 1. The van der Waals surface area contributed by atoms with Gasteiger partial charge < -0.3 is 10.2 Å². The predicted molar refractivity (Wildman–Crippen MR) is 112 cm³/mol. The number of amides is 3. The number of rotatable bonds is 6. The fraction of sp³-hybridized carbons (Fsp3) is 0.0476. The highest BCUT2D eigenvalue weighted by molar-refractivity contribution is 8.00. The maximum Gasteiger partial charge on any atom is 0.318 e. The maximum atomic E-state index is 12.7. The molecule has 0 aliphatic carbocycles. The van der Waals surface area contributed by atoms with E-state index in [1.54, 1.807) is 35.1 Å². The largest absolute Gasteiger partial charge is 0.461 e. The van der Waals surface area contributed by atoms with Crippen molar-refractivity contribution in [2.75, 3.05) is 0 Å². The van der Waals surface area contributed by atoms with Crippen molar-refractivity contribution < 1.29 is 14.0 Å². The Hall–Kier alpha value is -3.85. The molecule has 0 unspecified atom stereocenters. The first-order valence-electron chi connectivity index (χ1n) is 9.00. The molecule has 4 rings (SSSR count). The van der Waals surface area contributed by atoms with Gasteiger partial charge in [-0.3, -0.25) is 14.7 Å². The summed E-state index contributed by atoms with van der Waals surface area (Å²) in [7, 11) is 0. The van der Waals surface area contributed by atoms with Crippen LogP contribution in [-0.2, 0) is 4.79 Å². The van der Waals surface area contributed by atoms with Crippen LogP contribution in [0.3, 0.4) is 0 Å². The lowest BCUT2D eigenvalue weighted by atomic mass is 10.1. The van der Waals surface area contributed by atoms with E-state index in [0.717, 1.165) is 17.4 Å². The van der Waals surface area contributed by atoms with Crippen molar-refractivity contribution in [2.45, 2.75) is 10.4 Å². The number of benzene rings is 2. The lowest BCUT2D eigenvalue weighted by molar-refractivity contribution is -0.119. The van der Waals surface area contributed by atoms with E-state index in [-0.39, 0.29) is 0 Å². The highest BCUT2D eigenvalue weighted by Crippen LogP contribution is 2.37. The number of hydrogen-bond donors (Lipinski definition) is 2. The number of nitrogens with two attached hydrogens (primary N) is 1. The Bertz CT molecular complexity index is 1140. The van der Waals surface area contributed by atoms with Gasteiger partial charge in [0.25, 0.3) is 0 Å². The number of urea groups is 1. The standard InChI is InChI=1S/C21H17N5O3S/c22-20(28)23-19(27)17(14-8-3-1-4-9-14)30-21-25-24-18(16-12-7-13-29-16)26(21)15-10-5-2-6-11-15/h1-13,17H,(H3,22,23,27,28)/t17-/m1/s1. The van der Waals surface area contributed by atoms with E-state index in [4.69, 9.17) is 10.2 Å². The number of carbonyl (C=O) groups excluding carboxylic acids is 2. The van der Waals surface area contributed by atoms with Gasteiger partial charge in [0.2, 0.25) is 11.7 Å². The highest BCUT2D eigenvalue weighted by Gasteiger charge is 2.27. The smallest absolute Gasteiger partial charge is 0.318 e. The van der Waals surface area contributed by atoms with Crippen LogP contribution in [0.2, 0.25) is 0 Å². The normalized spacial score (nSPS) is 11.7. The van der Waals surface area contributed by atoms with Gasteiger partial charge >= 0.3 is 6.03 Å². The molecule has 0 aliphatic heterocycles. The van der Waals surface area contributed by atoms with Crippen LogP contribution in [0, 0.1) is 0 Å². The van der Waals surface area contributed by atoms with E-state index in [1.807, 2.05) is 48.5 Å². The van der Waals surface area contributed by atoms with Crippen molar-refractivity contribution in [3.63, 3.8) is 0 Å². The molecule has 0 bridgehead atoms. The number of furan rings is 1. The molecule has 8 nitrogen and oxygen atoms in total. The molecule has 0 radical (unpaired) electrons. The van der Waals surface area contributed by atoms with Crippen LogP contribution in [0.5, 0.6) is 0 Å². The quantitative estimate of drug-likeness (QED) is 0.462. The Labute approximate surface area is 176 Å². The van der Waals surface area contributed by atoms with E-state index in [9.17, 15) is 9.59 Å². The Kier molecular flexibility index (Phi) is 5.62. The molecule has 30 heavy (non-hydrogen) atoms. The molecular formula is C21H17N5O3S. The summed E-state index contributed by atoms with van der Waals surface area (Å²) in [5.74, 6) is 0.493. The molecule has 2 aromatic carbocycles. The molecular weight excluding hydrogens is 402 g/mol. The zero-order chi connectivity index (χ0) is 20.9. The molecule has 0 spiro atoms. The van der Waals surface area contributed by atoms with Gasteiger partial charge in [0, 0.05) is 5.69 Å². The molecule has 150 valence electrons. The van der Waals surface area contributed by atoms with E-state index in [0.29, 0.717) is 22.3 Å². The van der Waals surface area contributed by atoms with Gasteiger partial charge in [-0.25, -0.2) is 4.79 Å². The average Bonchev–Trinajstić information content (AvgIpc) is 3.42. The number of thioether (sulfide) groups is 1. The van der Waals surface area contributed by atoms with Crippen molar-refractivity contribution in [3.05, 3.63) is 84.6 Å². The van der Waals surface area contributed by atoms with Crippen molar-refractivity contribution in [1.82, 2.24) is 20.1 Å². The molecule has 3 N–H and O–H groups in total. The van der Waals surface area contributed by atoms with Gasteiger partial charge in [0.15, 0.2) is 10.9 Å². The minimum Gasteiger partial charge on any atom is -0.461 e. The van der Waals surface area contributed by atoms with Crippen molar-refractivity contribution >= 4 is 23.7 Å². The number of aromatic nitrogens is 3. The molecule has 0 saturated carbocycles. The van der Waals surface area contributed by atoms with E-state index in [2.05, 4.69) is 15.5 Å². The number of imide groups is 1. The summed E-state index contributed by atoms with van der Waals surface area (Å²) in [4.78, 5) is 24.0. The van der Waals surface area contributed by atoms with Gasteiger partial charge in [0.05, 0.1) is 6.26 Å². The zero-order valence-electron chi connectivity index (χ0n) is 15.6. The Morgan fingerprint density at radius 2 is 1.67 bits per heavy atom. The van der Waals surface area contributed by atoms with Gasteiger partial charge in [0.1, 0.15) is 5.25 Å². The predicted octanol–water partition coefficient (Wildman–Crippen LogP) is 3.56. The van der Waals surface area contributed by atoms with E-state index < -0.39 is 17.2 Å². The summed E-state index contributed by atoms with van der Waals surface area (Å²) in [5, 5.41) is 10.4. The van der Waals surface area contributed by atoms with Gasteiger partial charge in [-0.2, -0.15) is 0 Å². The second-order valence-corrected chi connectivity index (χ2v) is 7.29. The third kappa shape index (κ3) is 4.11. The van der Waals surface area contributed by atoms with Gasteiger partial charge in [-0.1, -0.05) is 60.3 Å². The molecule has 4 aromatic rings. The first-order valence-corrected chi connectivity index (χ1v) is 9.88. The molecule has 0 fully saturated rings. The number of nitrogens with one attached hydrogen (secondary N) is 1. The summed E-state index contributed by atoms with van der Waals surface area (Å²) in [5.41, 5.74) is 6.67. The first kappa shape index (κ1) is 19.5. The second-order valence-electron chi connectivity index (χ2n) is 6.22. The third-order valence-electron chi connectivity index (χ3n) is 4.20. The van der Waals surface area contributed by atoms with Crippen LogP contribution in [-0.4, -0.2) is 26.7 Å². The minimum absolute atomic E-state index is 0.459. The second kappa shape index (κ2) is 8.66. The number of para-hydroxylation sites is 1. The number of hydrogen-bond acceptors (Lipinski definition) is 6. The van der Waals surface area contributed by atoms with Crippen LogP contribution in [0.4, 0.5) is 4.79 Å².